The fraction of sp³-hybridized carbons (Fsp3) is 0.250. The van der Waals surface area contributed by atoms with E-state index in [0.717, 1.165) is 22.9 Å². The molecule has 3 heterocycles. The molecule has 0 spiro atoms. The van der Waals surface area contributed by atoms with E-state index in [0.29, 0.717) is 22.4 Å². The number of aromatic amines is 2. The lowest BCUT2D eigenvalue weighted by Crippen LogP contribution is -2.25. The van der Waals surface area contributed by atoms with Crippen LogP contribution in [-0.2, 0) is 0 Å². The summed E-state index contributed by atoms with van der Waals surface area (Å²) in [6.07, 6.45) is 5.26. The number of nitrogens with one attached hydrogen (secondary N) is 3. The first kappa shape index (κ1) is 19.5. The zero-order chi connectivity index (χ0) is 21.5. The number of nitrogens with zero attached hydrogens (tertiary/aromatic N) is 5. The number of benzene rings is 1. The van der Waals surface area contributed by atoms with Gasteiger partial charge in [0.25, 0.3) is 5.62 Å². The lowest BCUT2D eigenvalue weighted by molar-refractivity contribution is 0.454. The molecule has 1 atom stereocenters. The largest absolute Gasteiger partial charge is 0.493 e. The van der Waals surface area contributed by atoms with Gasteiger partial charge in [-0.05, 0) is 43.5 Å². The van der Waals surface area contributed by atoms with E-state index in [-0.39, 0.29) is 23.7 Å². The van der Waals surface area contributed by atoms with Crippen LogP contribution in [0.25, 0.3) is 11.7 Å². The van der Waals surface area contributed by atoms with Gasteiger partial charge in [-0.1, -0.05) is 28.1 Å². The van der Waals surface area contributed by atoms with Crippen LogP contribution in [-0.4, -0.2) is 40.7 Å². The SMILES string of the molecule is C[C@@H](Nc1nc(=NC2CC2)n2ncc(=Cc3[nH]c(=O)[nH]c3O)c2n1)c1ccc(Br)cc1. The van der Waals surface area contributed by atoms with Gasteiger partial charge in [-0.3, -0.25) is 4.98 Å². The second-order valence-corrected chi connectivity index (χ2v) is 8.36. The van der Waals surface area contributed by atoms with Crippen molar-refractivity contribution in [2.45, 2.75) is 31.8 Å². The van der Waals surface area contributed by atoms with Crippen molar-refractivity contribution in [3.05, 3.63) is 67.5 Å². The van der Waals surface area contributed by atoms with Gasteiger partial charge in [-0.15, -0.1) is 0 Å². The molecule has 0 saturated heterocycles. The number of hydrogen-bond donors (Lipinski definition) is 4. The van der Waals surface area contributed by atoms with E-state index in [2.05, 4.69) is 51.3 Å². The maximum atomic E-state index is 11.5. The lowest BCUT2D eigenvalue weighted by Gasteiger charge is -2.14. The van der Waals surface area contributed by atoms with Crippen LogP contribution in [0.3, 0.4) is 0 Å². The zero-order valence-electron chi connectivity index (χ0n) is 16.5. The highest BCUT2D eigenvalue weighted by Gasteiger charge is 2.21. The topological polar surface area (TPSA) is 136 Å². The van der Waals surface area contributed by atoms with Crippen molar-refractivity contribution in [3.63, 3.8) is 0 Å². The van der Waals surface area contributed by atoms with Crippen molar-refractivity contribution in [1.29, 1.82) is 0 Å². The smallest absolute Gasteiger partial charge is 0.326 e. The molecular formula is C20H19BrN8O2. The minimum Gasteiger partial charge on any atom is -0.493 e. The molecule has 1 fully saturated rings. The molecule has 0 bridgehead atoms. The van der Waals surface area contributed by atoms with Gasteiger partial charge in [0.2, 0.25) is 11.8 Å². The van der Waals surface area contributed by atoms with E-state index in [4.69, 9.17) is 0 Å². The maximum absolute atomic E-state index is 11.5. The van der Waals surface area contributed by atoms with Gasteiger partial charge in [0.15, 0.2) is 5.65 Å². The number of H-pyrrole nitrogens is 2. The van der Waals surface area contributed by atoms with Crippen molar-refractivity contribution in [1.82, 2.24) is 29.5 Å². The molecule has 31 heavy (non-hydrogen) atoms. The van der Waals surface area contributed by atoms with Gasteiger partial charge in [-0.2, -0.15) is 19.6 Å². The highest BCUT2D eigenvalue weighted by atomic mass is 79.9. The molecule has 1 aromatic carbocycles. The Balaban J connectivity index is 1.61. The molecule has 10 nitrogen and oxygen atoms in total. The molecule has 5 rings (SSSR count). The number of fused-ring (bicyclic) bond motifs is 1. The van der Waals surface area contributed by atoms with Gasteiger partial charge in [0.1, 0.15) is 5.69 Å². The van der Waals surface area contributed by atoms with E-state index < -0.39 is 5.69 Å². The number of anilines is 1. The minimum atomic E-state index is -0.495. The van der Waals surface area contributed by atoms with Crippen LogP contribution in [0.4, 0.5) is 5.95 Å². The second kappa shape index (κ2) is 7.65. The molecule has 3 aromatic heterocycles. The first-order valence-electron chi connectivity index (χ1n) is 9.81. The molecule has 0 unspecified atom stereocenters. The summed E-state index contributed by atoms with van der Waals surface area (Å²) in [4.78, 5) is 30.2. The van der Waals surface area contributed by atoms with Crippen LogP contribution in [0.2, 0.25) is 0 Å². The second-order valence-electron chi connectivity index (χ2n) is 7.45. The van der Waals surface area contributed by atoms with Crippen molar-refractivity contribution < 1.29 is 5.11 Å². The van der Waals surface area contributed by atoms with Crippen LogP contribution in [0, 0.1) is 0 Å². The van der Waals surface area contributed by atoms with Gasteiger partial charge in [0.05, 0.1) is 18.3 Å². The number of hydrogen-bond acceptors (Lipinski definition) is 7. The quantitative estimate of drug-likeness (QED) is 0.339. The summed E-state index contributed by atoms with van der Waals surface area (Å²) >= 11 is 3.45. The molecule has 0 aliphatic heterocycles. The van der Waals surface area contributed by atoms with Gasteiger partial charge < -0.3 is 15.4 Å². The molecule has 1 saturated carbocycles. The Morgan fingerprint density at radius 1 is 1.29 bits per heavy atom. The highest BCUT2D eigenvalue weighted by Crippen LogP contribution is 2.22. The predicted octanol–water partition coefficient (Wildman–Crippen LogP) is 1.39. The monoisotopic (exact) mass is 482 g/mol. The average Bonchev–Trinajstić information content (AvgIpc) is 3.37. The zero-order valence-corrected chi connectivity index (χ0v) is 18.1. The fourth-order valence-electron chi connectivity index (χ4n) is 3.17. The summed E-state index contributed by atoms with van der Waals surface area (Å²) < 4.78 is 2.58. The summed E-state index contributed by atoms with van der Waals surface area (Å²) in [7, 11) is 0. The Morgan fingerprint density at radius 2 is 2.06 bits per heavy atom. The van der Waals surface area contributed by atoms with Crippen LogP contribution < -0.4 is 21.8 Å². The Labute approximate surface area is 183 Å². The first-order valence-corrected chi connectivity index (χ1v) is 10.6. The van der Waals surface area contributed by atoms with E-state index >= 15 is 0 Å². The Morgan fingerprint density at radius 3 is 2.74 bits per heavy atom. The molecule has 11 heteroatoms. The third-order valence-corrected chi connectivity index (χ3v) is 5.50. The summed E-state index contributed by atoms with van der Waals surface area (Å²) in [5.41, 5.74) is 1.81. The normalized spacial score (nSPS) is 16.2. The molecule has 4 N–H and O–H groups in total. The fourth-order valence-corrected chi connectivity index (χ4v) is 3.44. The Bertz CT molecular complexity index is 1430. The first-order chi connectivity index (χ1) is 15.0. The Kier molecular flexibility index (Phi) is 4.81. The highest BCUT2D eigenvalue weighted by molar-refractivity contribution is 9.10. The molecule has 158 valence electrons. The maximum Gasteiger partial charge on any atom is 0.326 e. The van der Waals surface area contributed by atoms with Gasteiger partial charge >= 0.3 is 5.69 Å². The van der Waals surface area contributed by atoms with Crippen molar-refractivity contribution in [3.8, 4) is 5.88 Å². The number of aromatic nitrogens is 6. The number of imidazole rings is 1. The van der Waals surface area contributed by atoms with E-state index in [9.17, 15) is 9.90 Å². The van der Waals surface area contributed by atoms with Crippen molar-refractivity contribution in [2.24, 2.45) is 4.99 Å². The summed E-state index contributed by atoms with van der Waals surface area (Å²) in [6.45, 7) is 2.03. The average molecular weight is 483 g/mol. The lowest BCUT2D eigenvalue weighted by atomic mass is 10.1. The summed E-state index contributed by atoms with van der Waals surface area (Å²) in [5.74, 6) is 0.174. The number of rotatable bonds is 5. The van der Waals surface area contributed by atoms with Gasteiger partial charge in [-0.25, -0.2) is 9.79 Å². The molecule has 0 amide bonds. The van der Waals surface area contributed by atoms with Crippen LogP contribution in [0.5, 0.6) is 5.88 Å². The number of halogens is 1. The number of aromatic hydroxyl groups is 1. The molecule has 1 aliphatic rings. The predicted molar refractivity (Wildman–Crippen MR) is 117 cm³/mol. The third kappa shape index (κ3) is 4.08. The van der Waals surface area contributed by atoms with Gasteiger partial charge in [0, 0.05) is 9.69 Å². The molecular weight excluding hydrogens is 464 g/mol. The standard InChI is InChI=1S/C20H19BrN8O2/c1-10(11-2-4-13(21)5-3-11)23-18-26-16-12(8-15-17(30)27-20(31)25-15)9-22-29(16)19(28-18)24-14-6-7-14/h2-5,8-10,14,30H,6-7H2,1H3,(H,23,24,28)(H2,25,27,31)/t10-/m1/s1. The summed E-state index contributed by atoms with van der Waals surface area (Å²) in [5, 5.41) is 18.2. The molecule has 0 radical (unpaired) electrons. The summed E-state index contributed by atoms with van der Waals surface area (Å²) in [6, 6.07) is 8.23. The van der Waals surface area contributed by atoms with E-state index in [1.54, 1.807) is 16.8 Å². The van der Waals surface area contributed by atoms with Crippen LogP contribution in [0.1, 0.15) is 37.1 Å². The molecule has 1 aliphatic carbocycles. The van der Waals surface area contributed by atoms with Crippen molar-refractivity contribution in [2.75, 3.05) is 5.32 Å². The van der Waals surface area contributed by atoms with E-state index in [1.165, 1.54) is 0 Å². The Hall–Kier alpha value is -3.47. The minimum absolute atomic E-state index is 0.0373. The van der Waals surface area contributed by atoms with Crippen LogP contribution >= 0.6 is 15.9 Å². The van der Waals surface area contributed by atoms with Crippen LogP contribution in [0.15, 0.2) is 44.7 Å². The third-order valence-electron chi connectivity index (χ3n) is 4.97. The van der Waals surface area contributed by atoms with Crippen molar-refractivity contribution >= 4 is 33.6 Å². The molecule has 4 aromatic rings. The van der Waals surface area contributed by atoms with E-state index in [1.807, 2.05) is 31.2 Å².